The van der Waals surface area contributed by atoms with Crippen LogP contribution in [0.4, 0.5) is 4.79 Å². The van der Waals surface area contributed by atoms with Crippen molar-refractivity contribution in [1.82, 2.24) is 10.2 Å². The Morgan fingerprint density at radius 1 is 1.33 bits per heavy atom. The number of carbonyl (C=O) groups excluding carboxylic acids is 1. The van der Waals surface area contributed by atoms with Crippen LogP contribution in [0.1, 0.15) is 26.7 Å². The van der Waals surface area contributed by atoms with Crippen LogP contribution in [-0.2, 0) is 9.53 Å². The third-order valence-corrected chi connectivity index (χ3v) is 3.05. The Morgan fingerprint density at radius 3 is 2.44 bits per heavy atom. The molecule has 1 aliphatic rings. The molecule has 1 atom stereocenters. The molecular weight excluding hydrogens is 236 g/mol. The average Bonchev–Trinajstić information content (AvgIpc) is 2.78. The molecule has 0 bridgehead atoms. The molecule has 0 radical (unpaired) electrons. The van der Waals surface area contributed by atoms with E-state index >= 15 is 0 Å². The van der Waals surface area contributed by atoms with Crippen molar-refractivity contribution >= 4 is 12.1 Å². The SMILES string of the molecule is CC(C)C(NC(=O)OCCN1CCCC1)C(=O)O. The number of rotatable bonds is 6. The van der Waals surface area contributed by atoms with Crippen molar-refractivity contribution in [1.29, 1.82) is 0 Å². The molecule has 0 aromatic rings. The molecule has 1 aliphatic heterocycles. The lowest BCUT2D eigenvalue weighted by Gasteiger charge is -2.18. The third-order valence-electron chi connectivity index (χ3n) is 3.05. The highest BCUT2D eigenvalue weighted by Crippen LogP contribution is 2.06. The summed E-state index contributed by atoms with van der Waals surface area (Å²) in [6.45, 7) is 6.60. The Morgan fingerprint density at radius 2 is 1.94 bits per heavy atom. The van der Waals surface area contributed by atoms with E-state index in [1.54, 1.807) is 13.8 Å². The number of nitrogens with zero attached hydrogens (tertiary/aromatic N) is 1. The first kappa shape index (κ1) is 14.8. The summed E-state index contributed by atoms with van der Waals surface area (Å²) in [6.07, 6.45) is 1.73. The van der Waals surface area contributed by atoms with Crippen LogP contribution in [0, 0.1) is 5.92 Å². The van der Waals surface area contributed by atoms with E-state index in [9.17, 15) is 9.59 Å². The summed E-state index contributed by atoms with van der Waals surface area (Å²) in [5.74, 6) is -1.21. The van der Waals surface area contributed by atoms with Gasteiger partial charge in [-0.3, -0.25) is 4.90 Å². The molecule has 1 unspecified atom stereocenters. The number of nitrogens with one attached hydrogen (secondary N) is 1. The lowest BCUT2D eigenvalue weighted by molar-refractivity contribution is -0.140. The first-order valence-electron chi connectivity index (χ1n) is 6.39. The number of hydrogen-bond acceptors (Lipinski definition) is 4. The summed E-state index contributed by atoms with van der Waals surface area (Å²) in [6, 6.07) is -0.899. The van der Waals surface area contributed by atoms with E-state index in [1.807, 2.05) is 0 Å². The summed E-state index contributed by atoms with van der Waals surface area (Å²) in [7, 11) is 0. The van der Waals surface area contributed by atoms with Gasteiger partial charge >= 0.3 is 12.1 Å². The molecule has 0 spiro atoms. The van der Waals surface area contributed by atoms with Crippen LogP contribution in [0.5, 0.6) is 0 Å². The number of ether oxygens (including phenoxy) is 1. The van der Waals surface area contributed by atoms with Gasteiger partial charge in [0.15, 0.2) is 0 Å². The summed E-state index contributed by atoms with van der Waals surface area (Å²) in [5, 5.41) is 11.3. The van der Waals surface area contributed by atoms with Crippen molar-refractivity contribution in [2.45, 2.75) is 32.7 Å². The van der Waals surface area contributed by atoms with E-state index in [0.717, 1.165) is 13.1 Å². The molecule has 1 saturated heterocycles. The Hall–Kier alpha value is -1.30. The summed E-state index contributed by atoms with van der Waals surface area (Å²) in [4.78, 5) is 24.5. The fourth-order valence-electron chi connectivity index (χ4n) is 1.96. The zero-order chi connectivity index (χ0) is 13.5. The fourth-order valence-corrected chi connectivity index (χ4v) is 1.96. The number of alkyl carbamates (subject to hydrolysis) is 1. The summed E-state index contributed by atoms with van der Waals surface area (Å²) in [5.41, 5.74) is 0. The van der Waals surface area contributed by atoms with Gasteiger partial charge in [0, 0.05) is 6.54 Å². The zero-order valence-electron chi connectivity index (χ0n) is 11.0. The number of likely N-dealkylation sites (tertiary alicyclic amines) is 1. The van der Waals surface area contributed by atoms with Crippen molar-refractivity contribution in [2.75, 3.05) is 26.2 Å². The number of aliphatic carboxylic acids is 1. The topological polar surface area (TPSA) is 78.9 Å². The lowest BCUT2D eigenvalue weighted by atomic mass is 10.1. The highest BCUT2D eigenvalue weighted by Gasteiger charge is 2.24. The van der Waals surface area contributed by atoms with Gasteiger partial charge in [0.2, 0.25) is 0 Å². The van der Waals surface area contributed by atoms with E-state index in [1.165, 1.54) is 12.8 Å². The smallest absolute Gasteiger partial charge is 0.407 e. The van der Waals surface area contributed by atoms with Gasteiger partial charge in [-0.2, -0.15) is 0 Å². The minimum atomic E-state index is -1.04. The van der Waals surface area contributed by atoms with Gasteiger partial charge in [0.1, 0.15) is 12.6 Å². The first-order chi connectivity index (χ1) is 8.50. The molecule has 1 heterocycles. The van der Waals surface area contributed by atoms with Gasteiger partial charge in [-0.1, -0.05) is 13.8 Å². The maximum absolute atomic E-state index is 11.4. The Balaban J connectivity index is 2.21. The third kappa shape index (κ3) is 4.91. The predicted molar refractivity (Wildman–Crippen MR) is 66.4 cm³/mol. The van der Waals surface area contributed by atoms with Crippen LogP contribution in [0.2, 0.25) is 0 Å². The monoisotopic (exact) mass is 258 g/mol. The number of carbonyl (C=O) groups is 2. The Bertz CT molecular complexity index is 288. The van der Waals surface area contributed by atoms with Crippen molar-refractivity contribution in [3.63, 3.8) is 0 Å². The van der Waals surface area contributed by atoms with Gasteiger partial charge in [-0.15, -0.1) is 0 Å². The fraction of sp³-hybridized carbons (Fsp3) is 0.833. The van der Waals surface area contributed by atoms with Crippen LogP contribution >= 0.6 is 0 Å². The molecule has 0 aromatic heterocycles. The second-order valence-electron chi connectivity index (χ2n) is 4.89. The van der Waals surface area contributed by atoms with Crippen LogP contribution in [0.15, 0.2) is 0 Å². The second-order valence-corrected chi connectivity index (χ2v) is 4.89. The van der Waals surface area contributed by atoms with Crippen molar-refractivity contribution in [3.05, 3.63) is 0 Å². The number of carboxylic acids is 1. The number of amides is 1. The molecular formula is C12H22N2O4. The van der Waals surface area contributed by atoms with E-state index < -0.39 is 18.1 Å². The molecule has 1 amide bonds. The number of carboxylic acid groups (broad SMARTS) is 1. The molecule has 2 N–H and O–H groups in total. The highest BCUT2D eigenvalue weighted by molar-refractivity contribution is 5.80. The predicted octanol–water partition coefficient (Wildman–Crippen LogP) is 0.918. The van der Waals surface area contributed by atoms with Gasteiger partial charge in [0.25, 0.3) is 0 Å². The van der Waals surface area contributed by atoms with E-state index in [0.29, 0.717) is 13.2 Å². The lowest BCUT2D eigenvalue weighted by Crippen LogP contribution is -2.45. The first-order valence-corrected chi connectivity index (χ1v) is 6.39. The molecule has 6 heteroatoms. The quantitative estimate of drug-likeness (QED) is 0.740. The van der Waals surface area contributed by atoms with Crippen LogP contribution in [0.3, 0.4) is 0 Å². The standard InChI is InChI=1S/C12H22N2O4/c1-9(2)10(11(15)16)13-12(17)18-8-7-14-5-3-4-6-14/h9-10H,3-8H2,1-2H3,(H,13,17)(H,15,16). The molecule has 0 aliphatic carbocycles. The minimum absolute atomic E-state index is 0.173. The van der Waals surface area contributed by atoms with Crippen LogP contribution in [0.25, 0.3) is 0 Å². The molecule has 6 nitrogen and oxygen atoms in total. The Labute approximate surface area is 107 Å². The molecule has 0 saturated carbocycles. The largest absolute Gasteiger partial charge is 0.480 e. The van der Waals surface area contributed by atoms with Gasteiger partial charge in [-0.25, -0.2) is 9.59 Å². The minimum Gasteiger partial charge on any atom is -0.480 e. The maximum Gasteiger partial charge on any atom is 0.407 e. The van der Waals surface area contributed by atoms with E-state index in [2.05, 4.69) is 10.2 Å². The molecule has 1 rings (SSSR count). The zero-order valence-corrected chi connectivity index (χ0v) is 11.0. The number of hydrogen-bond donors (Lipinski definition) is 2. The van der Waals surface area contributed by atoms with Gasteiger partial charge in [-0.05, 0) is 31.8 Å². The van der Waals surface area contributed by atoms with Crippen molar-refractivity contribution in [3.8, 4) is 0 Å². The van der Waals surface area contributed by atoms with Gasteiger partial charge in [0.05, 0.1) is 0 Å². The van der Waals surface area contributed by atoms with Gasteiger partial charge < -0.3 is 15.2 Å². The Kier molecular flexibility index (Phi) is 5.91. The van der Waals surface area contributed by atoms with Crippen LogP contribution in [-0.4, -0.2) is 54.4 Å². The van der Waals surface area contributed by atoms with Crippen LogP contribution < -0.4 is 5.32 Å². The van der Waals surface area contributed by atoms with Crippen molar-refractivity contribution in [2.24, 2.45) is 5.92 Å². The van der Waals surface area contributed by atoms with Crippen molar-refractivity contribution < 1.29 is 19.4 Å². The average molecular weight is 258 g/mol. The van der Waals surface area contributed by atoms with E-state index in [4.69, 9.17) is 9.84 Å². The summed E-state index contributed by atoms with van der Waals surface area (Å²) >= 11 is 0. The highest BCUT2D eigenvalue weighted by atomic mass is 16.5. The molecule has 18 heavy (non-hydrogen) atoms. The normalized spacial score (nSPS) is 17.7. The molecule has 1 fully saturated rings. The summed E-state index contributed by atoms with van der Waals surface area (Å²) < 4.78 is 4.98. The van der Waals surface area contributed by atoms with E-state index in [-0.39, 0.29) is 5.92 Å². The maximum atomic E-state index is 11.4. The molecule has 104 valence electrons. The molecule has 0 aromatic carbocycles. The second kappa shape index (κ2) is 7.20.